The number of carbonyl (C=O) groups excluding carboxylic acids is 2. The molecule has 0 aliphatic carbocycles. The van der Waals surface area contributed by atoms with Gasteiger partial charge in [-0.3, -0.25) is 4.79 Å². The minimum atomic E-state index is -0.666. The van der Waals surface area contributed by atoms with Crippen molar-refractivity contribution in [1.29, 1.82) is 0 Å². The second-order valence-electron chi connectivity index (χ2n) is 3.57. The molecule has 0 radical (unpaired) electrons. The van der Waals surface area contributed by atoms with Crippen LogP contribution in [0.1, 0.15) is 17.3 Å². The molecule has 1 amide bonds. The average molecular weight is 267 g/mol. The van der Waals surface area contributed by atoms with Crippen LogP contribution in [0.25, 0.3) is 0 Å². The van der Waals surface area contributed by atoms with E-state index in [0.29, 0.717) is 18.0 Å². The van der Waals surface area contributed by atoms with Crippen molar-refractivity contribution in [2.45, 2.75) is 6.92 Å². The average Bonchev–Trinajstić information content (AvgIpc) is 2.44. The van der Waals surface area contributed by atoms with Gasteiger partial charge < -0.3 is 19.5 Å². The largest absolute Gasteiger partial charge is 0.496 e. The highest BCUT2D eigenvalue weighted by atomic mass is 16.5. The summed E-state index contributed by atoms with van der Waals surface area (Å²) in [5, 5.41) is 2.53. The Kier molecular flexibility index (Phi) is 5.66. The molecule has 1 aromatic carbocycles. The molecule has 0 aliphatic heterocycles. The Hall–Kier alpha value is -2.24. The van der Waals surface area contributed by atoms with Crippen molar-refractivity contribution in [2.24, 2.45) is 0 Å². The van der Waals surface area contributed by atoms with Gasteiger partial charge in [0.1, 0.15) is 17.1 Å². The standard InChI is InChI=1S/C13H17NO5/c1-4-14-11(15)8-19-13(16)12-9(17-2)6-5-7-10(12)18-3/h5-7H,4,8H2,1-3H3,(H,14,15). The van der Waals surface area contributed by atoms with Gasteiger partial charge in [0.25, 0.3) is 5.91 Å². The number of benzene rings is 1. The molecule has 6 heteroatoms. The second kappa shape index (κ2) is 7.25. The molecule has 6 nitrogen and oxygen atoms in total. The zero-order valence-corrected chi connectivity index (χ0v) is 11.2. The van der Waals surface area contributed by atoms with Crippen LogP contribution in [0.5, 0.6) is 11.5 Å². The summed E-state index contributed by atoms with van der Waals surface area (Å²) in [7, 11) is 2.88. The van der Waals surface area contributed by atoms with E-state index in [0.717, 1.165) is 0 Å². The van der Waals surface area contributed by atoms with Crippen molar-refractivity contribution < 1.29 is 23.8 Å². The van der Waals surface area contributed by atoms with Crippen LogP contribution in [0, 0.1) is 0 Å². The summed E-state index contributed by atoms with van der Waals surface area (Å²) in [4.78, 5) is 23.2. The lowest BCUT2D eigenvalue weighted by molar-refractivity contribution is -0.124. The smallest absolute Gasteiger partial charge is 0.346 e. The van der Waals surface area contributed by atoms with E-state index in [4.69, 9.17) is 14.2 Å². The van der Waals surface area contributed by atoms with Gasteiger partial charge in [-0.2, -0.15) is 0 Å². The Bertz CT molecular complexity index is 436. The van der Waals surface area contributed by atoms with Gasteiger partial charge in [-0.25, -0.2) is 4.79 Å². The molecule has 0 saturated carbocycles. The molecule has 1 rings (SSSR count). The first-order valence-corrected chi connectivity index (χ1v) is 5.78. The third-order valence-electron chi connectivity index (χ3n) is 2.34. The number of esters is 1. The maximum Gasteiger partial charge on any atom is 0.346 e. The molecule has 0 aliphatic rings. The van der Waals surface area contributed by atoms with E-state index in [1.165, 1.54) is 14.2 Å². The van der Waals surface area contributed by atoms with Crippen molar-refractivity contribution in [3.8, 4) is 11.5 Å². The summed E-state index contributed by atoms with van der Waals surface area (Å²) >= 11 is 0. The minimum absolute atomic E-state index is 0.164. The third-order valence-corrected chi connectivity index (χ3v) is 2.34. The van der Waals surface area contributed by atoms with E-state index < -0.39 is 5.97 Å². The van der Waals surface area contributed by atoms with Crippen LogP contribution in [0.3, 0.4) is 0 Å². The highest BCUT2D eigenvalue weighted by molar-refractivity contribution is 5.96. The molecule has 19 heavy (non-hydrogen) atoms. The predicted octanol–water partition coefficient (Wildman–Crippen LogP) is 0.997. The van der Waals surface area contributed by atoms with Crippen LogP contribution >= 0.6 is 0 Å². The molecule has 0 unspecified atom stereocenters. The van der Waals surface area contributed by atoms with E-state index in [-0.39, 0.29) is 18.1 Å². The van der Waals surface area contributed by atoms with Gasteiger partial charge in [0.15, 0.2) is 6.61 Å². The normalized spacial score (nSPS) is 9.63. The number of nitrogens with one attached hydrogen (secondary N) is 1. The van der Waals surface area contributed by atoms with E-state index in [1.807, 2.05) is 0 Å². The first kappa shape index (κ1) is 14.8. The summed E-state index contributed by atoms with van der Waals surface area (Å²) in [6.07, 6.45) is 0. The quantitative estimate of drug-likeness (QED) is 0.778. The van der Waals surface area contributed by atoms with Crippen molar-refractivity contribution >= 4 is 11.9 Å². The lowest BCUT2D eigenvalue weighted by Crippen LogP contribution is -2.28. The Morgan fingerprint density at radius 2 is 1.74 bits per heavy atom. The summed E-state index contributed by atoms with van der Waals surface area (Å²) in [5.74, 6) is -0.356. The summed E-state index contributed by atoms with van der Waals surface area (Å²) in [6.45, 7) is 1.92. The SMILES string of the molecule is CCNC(=O)COC(=O)c1c(OC)cccc1OC. The summed E-state index contributed by atoms with van der Waals surface area (Å²) in [5.41, 5.74) is 0.164. The maximum atomic E-state index is 12.0. The fraction of sp³-hybridized carbons (Fsp3) is 0.385. The summed E-state index contributed by atoms with van der Waals surface area (Å²) < 4.78 is 15.1. The van der Waals surface area contributed by atoms with E-state index in [1.54, 1.807) is 25.1 Å². The van der Waals surface area contributed by atoms with Gasteiger partial charge >= 0.3 is 5.97 Å². The molecule has 1 N–H and O–H groups in total. The Labute approximate surface area is 111 Å². The van der Waals surface area contributed by atoms with Crippen LogP contribution in [0.2, 0.25) is 0 Å². The number of methoxy groups -OCH3 is 2. The van der Waals surface area contributed by atoms with Gasteiger partial charge in [-0.15, -0.1) is 0 Å². The summed E-state index contributed by atoms with van der Waals surface area (Å²) in [6, 6.07) is 4.93. The molecule has 0 atom stereocenters. The molecule has 0 fully saturated rings. The van der Waals surface area contributed by atoms with Crippen molar-refractivity contribution in [3.63, 3.8) is 0 Å². The van der Waals surface area contributed by atoms with Crippen molar-refractivity contribution in [3.05, 3.63) is 23.8 Å². The van der Waals surface area contributed by atoms with Gasteiger partial charge in [0.05, 0.1) is 14.2 Å². The fourth-order valence-corrected chi connectivity index (χ4v) is 1.50. The van der Waals surface area contributed by atoms with E-state index >= 15 is 0 Å². The molecule has 0 aromatic heterocycles. The number of likely N-dealkylation sites (N-methyl/N-ethyl adjacent to an activating group) is 1. The monoisotopic (exact) mass is 267 g/mol. The van der Waals surface area contributed by atoms with Gasteiger partial charge in [0, 0.05) is 6.54 Å². The van der Waals surface area contributed by atoms with Gasteiger partial charge in [-0.05, 0) is 19.1 Å². The Morgan fingerprint density at radius 1 is 1.16 bits per heavy atom. The number of hydrogen-bond acceptors (Lipinski definition) is 5. The molecule has 104 valence electrons. The van der Waals surface area contributed by atoms with Crippen molar-refractivity contribution in [1.82, 2.24) is 5.32 Å². The molecule has 1 aromatic rings. The zero-order valence-electron chi connectivity index (χ0n) is 11.2. The van der Waals surface area contributed by atoms with Gasteiger partial charge in [0.2, 0.25) is 0 Å². The number of ether oxygens (including phenoxy) is 3. The van der Waals surface area contributed by atoms with Crippen LogP contribution < -0.4 is 14.8 Å². The van der Waals surface area contributed by atoms with Crippen LogP contribution in [-0.4, -0.2) is 39.2 Å². The molecule has 0 spiro atoms. The van der Waals surface area contributed by atoms with Crippen LogP contribution in [0.4, 0.5) is 0 Å². The highest BCUT2D eigenvalue weighted by Gasteiger charge is 2.20. The third kappa shape index (κ3) is 3.87. The fourth-order valence-electron chi connectivity index (χ4n) is 1.50. The second-order valence-corrected chi connectivity index (χ2v) is 3.57. The van der Waals surface area contributed by atoms with E-state index in [9.17, 15) is 9.59 Å². The lowest BCUT2D eigenvalue weighted by Gasteiger charge is -2.12. The number of hydrogen-bond donors (Lipinski definition) is 1. The number of rotatable bonds is 6. The highest BCUT2D eigenvalue weighted by Crippen LogP contribution is 2.28. The van der Waals surface area contributed by atoms with E-state index in [2.05, 4.69) is 5.32 Å². The molecule has 0 bridgehead atoms. The topological polar surface area (TPSA) is 73.9 Å². The number of amides is 1. The molecular weight excluding hydrogens is 250 g/mol. The van der Waals surface area contributed by atoms with Gasteiger partial charge in [-0.1, -0.05) is 6.07 Å². The Balaban J connectivity index is 2.83. The zero-order chi connectivity index (χ0) is 14.3. The Morgan fingerprint density at radius 3 is 2.21 bits per heavy atom. The lowest BCUT2D eigenvalue weighted by atomic mass is 10.2. The minimum Gasteiger partial charge on any atom is -0.496 e. The van der Waals surface area contributed by atoms with Crippen molar-refractivity contribution in [2.75, 3.05) is 27.4 Å². The van der Waals surface area contributed by atoms with Crippen LogP contribution in [0.15, 0.2) is 18.2 Å². The predicted molar refractivity (Wildman–Crippen MR) is 68.5 cm³/mol. The van der Waals surface area contributed by atoms with Crippen LogP contribution in [-0.2, 0) is 9.53 Å². The molecule has 0 heterocycles. The molecular formula is C13H17NO5. The first-order chi connectivity index (χ1) is 9.13. The first-order valence-electron chi connectivity index (χ1n) is 5.78. The molecule has 0 saturated heterocycles. The number of carbonyl (C=O) groups is 2. The maximum absolute atomic E-state index is 12.0.